The molecule has 110 valence electrons. The van der Waals surface area contributed by atoms with Gasteiger partial charge in [0.2, 0.25) is 10.0 Å². The van der Waals surface area contributed by atoms with E-state index in [-0.39, 0.29) is 10.7 Å². The van der Waals surface area contributed by atoms with Gasteiger partial charge >= 0.3 is 0 Å². The first-order valence-corrected chi connectivity index (χ1v) is 8.02. The summed E-state index contributed by atoms with van der Waals surface area (Å²) in [5.74, 6) is 0.530. The van der Waals surface area contributed by atoms with Crippen LogP contribution in [0.4, 0.5) is 5.82 Å². The quantitative estimate of drug-likeness (QED) is 0.825. The van der Waals surface area contributed by atoms with E-state index in [4.69, 9.17) is 5.73 Å². The highest BCUT2D eigenvalue weighted by Crippen LogP contribution is 2.21. The van der Waals surface area contributed by atoms with Gasteiger partial charge < -0.3 is 5.73 Å². The first-order chi connectivity index (χ1) is 8.78. The monoisotopic (exact) mass is 288 g/mol. The molecule has 0 aromatic carbocycles. The second kappa shape index (κ2) is 6.38. The SMILES string of the molecule is CCCn1cc(S(=O)(=O)N(C)CCC(C)C)c(N)n1. The van der Waals surface area contributed by atoms with Crippen LogP contribution in [-0.2, 0) is 16.6 Å². The van der Waals surface area contributed by atoms with Crippen molar-refractivity contribution in [2.75, 3.05) is 19.3 Å². The lowest BCUT2D eigenvalue weighted by Gasteiger charge is -2.17. The van der Waals surface area contributed by atoms with E-state index in [0.717, 1.165) is 12.8 Å². The smallest absolute Gasteiger partial charge is 0.248 e. The van der Waals surface area contributed by atoms with Gasteiger partial charge in [-0.25, -0.2) is 12.7 Å². The first-order valence-electron chi connectivity index (χ1n) is 6.58. The van der Waals surface area contributed by atoms with E-state index in [9.17, 15) is 8.42 Å². The number of hydrogen-bond donors (Lipinski definition) is 1. The van der Waals surface area contributed by atoms with Crippen molar-refractivity contribution in [3.8, 4) is 0 Å². The van der Waals surface area contributed by atoms with E-state index in [2.05, 4.69) is 18.9 Å². The third-order valence-corrected chi connectivity index (χ3v) is 4.79. The fourth-order valence-electron chi connectivity index (χ4n) is 1.69. The maximum Gasteiger partial charge on any atom is 0.248 e. The lowest BCUT2D eigenvalue weighted by atomic mass is 10.1. The highest BCUT2D eigenvalue weighted by atomic mass is 32.2. The molecule has 0 aliphatic carbocycles. The molecule has 0 radical (unpaired) electrons. The molecule has 19 heavy (non-hydrogen) atoms. The lowest BCUT2D eigenvalue weighted by Crippen LogP contribution is -2.29. The van der Waals surface area contributed by atoms with E-state index >= 15 is 0 Å². The summed E-state index contributed by atoms with van der Waals surface area (Å²) in [4.78, 5) is 0.104. The molecule has 0 aliphatic rings. The molecule has 2 N–H and O–H groups in total. The molecule has 0 fully saturated rings. The maximum absolute atomic E-state index is 12.4. The van der Waals surface area contributed by atoms with E-state index in [1.165, 1.54) is 10.5 Å². The minimum Gasteiger partial charge on any atom is -0.381 e. The molecule has 1 aromatic rings. The largest absolute Gasteiger partial charge is 0.381 e. The van der Waals surface area contributed by atoms with Crippen LogP contribution in [0.3, 0.4) is 0 Å². The number of aromatic nitrogens is 2. The van der Waals surface area contributed by atoms with Crippen LogP contribution in [0.1, 0.15) is 33.6 Å². The van der Waals surface area contributed by atoms with Gasteiger partial charge in [0.25, 0.3) is 0 Å². The third kappa shape index (κ3) is 3.94. The minimum absolute atomic E-state index is 0.0739. The number of anilines is 1. The summed E-state index contributed by atoms with van der Waals surface area (Å²) in [7, 11) is -1.96. The van der Waals surface area contributed by atoms with E-state index in [1.807, 2.05) is 6.92 Å². The van der Waals surface area contributed by atoms with Crippen LogP contribution < -0.4 is 5.73 Å². The standard InChI is InChI=1S/C12H24N4O2S/c1-5-7-16-9-11(12(13)14-16)19(17,18)15(4)8-6-10(2)3/h9-10H,5-8H2,1-4H3,(H2,13,14). The van der Waals surface area contributed by atoms with Crippen molar-refractivity contribution in [3.63, 3.8) is 0 Å². The summed E-state index contributed by atoms with van der Waals surface area (Å²) < 4.78 is 27.7. The fourth-order valence-corrected chi connectivity index (χ4v) is 2.93. The van der Waals surface area contributed by atoms with Crippen LogP contribution in [-0.4, -0.2) is 36.1 Å². The van der Waals surface area contributed by atoms with Gasteiger partial charge in [0.15, 0.2) is 5.82 Å². The van der Waals surface area contributed by atoms with Gasteiger partial charge in [0.05, 0.1) is 0 Å². The molecule has 0 amide bonds. The second-order valence-electron chi connectivity index (χ2n) is 5.15. The normalized spacial score (nSPS) is 12.5. The molecule has 0 bridgehead atoms. The molecular formula is C12H24N4O2S. The first kappa shape index (κ1) is 16.0. The summed E-state index contributed by atoms with van der Waals surface area (Å²) in [5, 5.41) is 4.03. The molecule has 0 atom stereocenters. The van der Waals surface area contributed by atoms with E-state index < -0.39 is 10.0 Å². The van der Waals surface area contributed by atoms with Crippen LogP contribution in [0.5, 0.6) is 0 Å². The number of aryl methyl sites for hydroxylation is 1. The van der Waals surface area contributed by atoms with Gasteiger partial charge in [-0.05, 0) is 18.8 Å². The maximum atomic E-state index is 12.4. The zero-order valence-electron chi connectivity index (χ0n) is 12.1. The van der Waals surface area contributed by atoms with Crippen LogP contribution in [0, 0.1) is 5.92 Å². The van der Waals surface area contributed by atoms with Crippen LogP contribution in [0.25, 0.3) is 0 Å². The van der Waals surface area contributed by atoms with Crippen LogP contribution in [0.2, 0.25) is 0 Å². The molecule has 0 aliphatic heterocycles. The van der Waals surface area contributed by atoms with E-state index in [1.54, 1.807) is 11.7 Å². The number of nitrogen functional groups attached to an aromatic ring is 1. The van der Waals surface area contributed by atoms with Crippen molar-refractivity contribution in [1.82, 2.24) is 14.1 Å². The number of nitrogens with two attached hydrogens (primary N) is 1. The Morgan fingerprint density at radius 2 is 2.11 bits per heavy atom. The van der Waals surface area contributed by atoms with Crippen molar-refractivity contribution in [2.24, 2.45) is 5.92 Å². The molecule has 0 saturated heterocycles. The molecule has 6 nitrogen and oxygen atoms in total. The molecule has 7 heteroatoms. The number of nitrogens with zero attached hydrogens (tertiary/aromatic N) is 3. The second-order valence-corrected chi connectivity index (χ2v) is 7.16. The lowest BCUT2D eigenvalue weighted by molar-refractivity contribution is 0.428. The highest BCUT2D eigenvalue weighted by molar-refractivity contribution is 7.89. The predicted molar refractivity (Wildman–Crippen MR) is 76.2 cm³/mol. The van der Waals surface area contributed by atoms with Gasteiger partial charge in [-0.1, -0.05) is 20.8 Å². The summed E-state index contributed by atoms with van der Waals surface area (Å²) in [5.41, 5.74) is 5.71. The summed E-state index contributed by atoms with van der Waals surface area (Å²) >= 11 is 0. The Morgan fingerprint density at radius 1 is 1.47 bits per heavy atom. The van der Waals surface area contributed by atoms with E-state index in [0.29, 0.717) is 19.0 Å². The minimum atomic E-state index is -3.54. The Morgan fingerprint density at radius 3 is 2.63 bits per heavy atom. The zero-order chi connectivity index (χ0) is 14.6. The third-order valence-electron chi connectivity index (χ3n) is 2.92. The average molecular weight is 288 g/mol. The highest BCUT2D eigenvalue weighted by Gasteiger charge is 2.25. The van der Waals surface area contributed by atoms with Gasteiger partial charge in [-0.15, -0.1) is 0 Å². The fraction of sp³-hybridized carbons (Fsp3) is 0.750. The molecule has 0 unspecified atom stereocenters. The Kier molecular flexibility index (Phi) is 5.37. The van der Waals surface area contributed by atoms with Gasteiger partial charge in [-0.2, -0.15) is 5.10 Å². The van der Waals surface area contributed by atoms with Crippen molar-refractivity contribution in [1.29, 1.82) is 0 Å². The molecule has 1 heterocycles. The van der Waals surface area contributed by atoms with Crippen molar-refractivity contribution >= 4 is 15.8 Å². The molecule has 0 saturated carbocycles. The van der Waals surface area contributed by atoms with Gasteiger partial charge in [0.1, 0.15) is 4.90 Å². The summed E-state index contributed by atoms with van der Waals surface area (Å²) in [6.45, 7) is 7.27. The van der Waals surface area contributed by atoms with Crippen molar-refractivity contribution in [2.45, 2.75) is 45.1 Å². The Bertz CT molecular complexity index is 508. The summed E-state index contributed by atoms with van der Waals surface area (Å²) in [6, 6.07) is 0. The zero-order valence-corrected chi connectivity index (χ0v) is 12.9. The van der Waals surface area contributed by atoms with Gasteiger partial charge in [0, 0.05) is 26.3 Å². The number of sulfonamides is 1. The van der Waals surface area contributed by atoms with Crippen LogP contribution >= 0.6 is 0 Å². The topological polar surface area (TPSA) is 81.2 Å². The molecular weight excluding hydrogens is 264 g/mol. The Balaban J connectivity index is 2.93. The predicted octanol–water partition coefficient (Wildman–Crippen LogP) is 1.54. The molecule has 0 spiro atoms. The molecule has 1 rings (SSSR count). The number of rotatable bonds is 7. The summed E-state index contributed by atoms with van der Waals surface area (Å²) in [6.07, 6.45) is 3.21. The van der Waals surface area contributed by atoms with Crippen molar-refractivity contribution < 1.29 is 8.42 Å². The van der Waals surface area contributed by atoms with Crippen LogP contribution in [0.15, 0.2) is 11.1 Å². The average Bonchev–Trinajstić information content (AvgIpc) is 2.68. The number of hydrogen-bond acceptors (Lipinski definition) is 4. The Labute approximate surface area is 115 Å². The van der Waals surface area contributed by atoms with Gasteiger partial charge in [-0.3, -0.25) is 4.68 Å². The Hall–Kier alpha value is -1.08. The van der Waals surface area contributed by atoms with Crippen molar-refractivity contribution in [3.05, 3.63) is 6.20 Å². The molecule has 1 aromatic heterocycles.